The fourth-order valence-corrected chi connectivity index (χ4v) is 5.49. The Kier molecular flexibility index (Phi) is 7.40. The first-order valence-electron chi connectivity index (χ1n) is 9.96. The molecular weight excluding hydrogens is 437 g/mol. The number of carbonyl (C=O) groups excluding carboxylic acids is 1. The minimum absolute atomic E-state index is 0.0624. The second kappa shape index (κ2) is 9.84. The van der Waals surface area contributed by atoms with E-state index in [1.807, 2.05) is 44.1 Å². The first-order chi connectivity index (χ1) is 14.7. The van der Waals surface area contributed by atoms with Gasteiger partial charge in [0.25, 0.3) is 0 Å². The highest BCUT2D eigenvalue weighted by Crippen LogP contribution is 2.30. The Balaban J connectivity index is 1.71. The van der Waals surface area contributed by atoms with E-state index in [1.165, 1.54) is 23.5 Å². The minimum atomic E-state index is -3.57. The molecule has 0 aliphatic heterocycles. The molecule has 166 valence electrons. The van der Waals surface area contributed by atoms with Gasteiger partial charge in [-0.1, -0.05) is 17.4 Å². The van der Waals surface area contributed by atoms with Crippen molar-refractivity contribution in [3.05, 3.63) is 53.8 Å². The summed E-state index contributed by atoms with van der Waals surface area (Å²) in [6.07, 6.45) is 0.268. The third-order valence-electron chi connectivity index (χ3n) is 4.81. The standard InChI is InChI=1S/C22H26FN3O3S2/c1-16-6-11-19-20(15-16)30-22(24-19)26(13-12-25(2)3)21(27)5-4-14-31(28,29)18-9-7-17(23)8-10-18/h6-11,15H,4-5,12-14H2,1-3H3. The van der Waals surface area contributed by atoms with Crippen molar-refractivity contribution < 1.29 is 17.6 Å². The highest BCUT2D eigenvalue weighted by Gasteiger charge is 2.21. The number of hydrogen-bond donors (Lipinski definition) is 0. The smallest absolute Gasteiger partial charge is 0.228 e. The molecule has 6 nitrogen and oxygen atoms in total. The predicted molar refractivity (Wildman–Crippen MR) is 123 cm³/mol. The van der Waals surface area contributed by atoms with Gasteiger partial charge in [0, 0.05) is 19.5 Å². The van der Waals surface area contributed by atoms with Crippen LogP contribution in [-0.2, 0) is 14.6 Å². The van der Waals surface area contributed by atoms with Crippen LogP contribution in [0.15, 0.2) is 47.4 Å². The van der Waals surface area contributed by atoms with Crippen LogP contribution in [0.1, 0.15) is 18.4 Å². The summed E-state index contributed by atoms with van der Waals surface area (Å²) in [5.74, 6) is -0.825. The molecule has 0 unspecified atom stereocenters. The number of likely N-dealkylation sites (N-methyl/N-ethyl adjacent to an activating group) is 1. The number of sulfone groups is 1. The number of aromatic nitrogens is 1. The van der Waals surface area contributed by atoms with Gasteiger partial charge in [-0.3, -0.25) is 9.69 Å². The van der Waals surface area contributed by atoms with E-state index in [4.69, 9.17) is 0 Å². The van der Waals surface area contributed by atoms with Gasteiger partial charge in [-0.25, -0.2) is 17.8 Å². The van der Waals surface area contributed by atoms with E-state index in [2.05, 4.69) is 4.98 Å². The fourth-order valence-electron chi connectivity index (χ4n) is 3.07. The lowest BCUT2D eigenvalue weighted by atomic mass is 10.2. The molecule has 31 heavy (non-hydrogen) atoms. The number of hydrogen-bond acceptors (Lipinski definition) is 6. The van der Waals surface area contributed by atoms with Crippen molar-refractivity contribution in [2.45, 2.75) is 24.7 Å². The predicted octanol–water partition coefficient (Wildman–Crippen LogP) is 3.89. The van der Waals surface area contributed by atoms with Gasteiger partial charge in [-0.2, -0.15) is 0 Å². The normalized spacial score (nSPS) is 11.9. The molecule has 0 aliphatic carbocycles. The Morgan fingerprint density at radius 3 is 2.48 bits per heavy atom. The number of nitrogens with zero attached hydrogens (tertiary/aromatic N) is 3. The molecule has 3 aromatic rings. The summed E-state index contributed by atoms with van der Waals surface area (Å²) in [5.41, 5.74) is 1.96. The quantitative estimate of drug-likeness (QED) is 0.450. The maximum Gasteiger partial charge on any atom is 0.228 e. The molecule has 1 aromatic heterocycles. The summed E-state index contributed by atoms with van der Waals surface area (Å²) in [6.45, 7) is 3.14. The van der Waals surface area contributed by atoms with Gasteiger partial charge in [-0.05, 0) is 69.4 Å². The third-order valence-corrected chi connectivity index (χ3v) is 7.67. The van der Waals surface area contributed by atoms with E-state index in [-0.39, 0.29) is 29.4 Å². The van der Waals surface area contributed by atoms with Gasteiger partial charge in [0.15, 0.2) is 15.0 Å². The third kappa shape index (κ3) is 6.09. The van der Waals surface area contributed by atoms with Gasteiger partial charge in [-0.15, -0.1) is 0 Å². The van der Waals surface area contributed by atoms with Crippen molar-refractivity contribution in [1.82, 2.24) is 9.88 Å². The SMILES string of the molecule is Cc1ccc2nc(N(CCN(C)C)C(=O)CCCS(=O)(=O)c3ccc(F)cc3)sc2c1. The van der Waals surface area contributed by atoms with Crippen LogP contribution >= 0.6 is 11.3 Å². The number of fused-ring (bicyclic) bond motifs is 1. The largest absolute Gasteiger partial charge is 0.308 e. The molecule has 0 N–H and O–H groups in total. The Labute approximate surface area is 186 Å². The second-order valence-corrected chi connectivity index (χ2v) is 10.8. The van der Waals surface area contributed by atoms with Gasteiger partial charge >= 0.3 is 0 Å². The lowest BCUT2D eigenvalue weighted by Gasteiger charge is -2.22. The molecule has 0 saturated heterocycles. The van der Waals surface area contributed by atoms with Crippen LogP contribution in [0.4, 0.5) is 9.52 Å². The van der Waals surface area contributed by atoms with Gasteiger partial charge in [0.2, 0.25) is 5.91 Å². The van der Waals surface area contributed by atoms with Crippen LogP contribution in [0.25, 0.3) is 10.2 Å². The number of thiazole rings is 1. The molecule has 1 heterocycles. The van der Waals surface area contributed by atoms with E-state index >= 15 is 0 Å². The number of amides is 1. The highest BCUT2D eigenvalue weighted by atomic mass is 32.2. The van der Waals surface area contributed by atoms with E-state index < -0.39 is 15.7 Å². The summed E-state index contributed by atoms with van der Waals surface area (Å²) < 4.78 is 39.0. The fraction of sp³-hybridized carbons (Fsp3) is 0.364. The maximum absolute atomic E-state index is 13.1. The molecule has 0 spiro atoms. The van der Waals surface area contributed by atoms with Crippen molar-refractivity contribution in [3.8, 4) is 0 Å². The summed E-state index contributed by atoms with van der Waals surface area (Å²) in [5, 5.41) is 0.619. The van der Waals surface area contributed by atoms with Gasteiger partial charge < -0.3 is 4.90 Å². The zero-order valence-electron chi connectivity index (χ0n) is 17.8. The van der Waals surface area contributed by atoms with E-state index in [1.54, 1.807) is 4.90 Å². The minimum Gasteiger partial charge on any atom is -0.308 e. The van der Waals surface area contributed by atoms with Crippen LogP contribution in [0.3, 0.4) is 0 Å². The molecule has 0 bridgehead atoms. The lowest BCUT2D eigenvalue weighted by molar-refractivity contribution is -0.118. The number of rotatable bonds is 9. The molecule has 2 aromatic carbocycles. The number of aryl methyl sites for hydroxylation is 1. The highest BCUT2D eigenvalue weighted by molar-refractivity contribution is 7.91. The van der Waals surface area contributed by atoms with E-state index in [9.17, 15) is 17.6 Å². The summed E-state index contributed by atoms with van der Waals surface area (Å²) in [4.78, 5) is 21.3. The summed E-state index contributed by atoms with van der Waals surface area (Å²) >= 11 is 1.46. The zero-order chi connectivity index (χ0) is 22.6. The Bertz CT molecular complexity index is 1160. The number of benzene rings is 2. The first-order valence-corrected chi connectivity index (χ1v) is 12.4. The lowest BCUT2D eigenvalue weighted by Crippen LogP contribution is -2.36. The molecule has 0 aliphatic rings. The van der Waals surface area contributed by atoms with Crippen molar-refractivity contribution >= 4 is 42.4 Å². The zero-order valence-corrected chi connectivity index (χ0v) is 19.5. The van der Waals surface area contributed by atoms with E-state index in [0.717, 1.165) is 27.9 Å². The average molecular weight is 464 g/mol. The van der Waals surface area contributed by atoms with Crippen LogP contribution < -0.4 is 4.90 Å². The number of halogens is 1. The second-order valence-electron chi connectivity index (χ2n) is 7.69. The monoisotopic (exact) mass is 463 g/mol. The average Bonchev–Trinajstić information content (AvgIpc) is 3.10. The molecule has 1 amide bonds. The van der Waals surface area contributed by atoms with Crippen LogP contribution in [0.2, 0.25) is 0 Å². The topological polar surface area (TPSA) is 70.6 Å². The van der Waals surface area contributed by atoms with Crippen molar-refractivity contribution in [2.75, 3.05) is 37.8 Å². The Morgan fingerprint density at radius 2 is 1.81 bits per heavy atom. The Morgan fingerprint density at radius 1 is 1.10 bits per heavy atom. The molecule has 9 heteroatoms. The van der Waals surface area contributed by atoms with Gasteiger partial charge in [0.1, 0.15) is 5.82 Å². The van der Waals surface area contributed by atoms with E-state index in [0.29, 0.717) is 18.2 Å². The van der Waals surface area contributed by atoms with Crippen LogP contribution in [0, 0.1) is 12.7 Å². The van der Waals surface area contributed by atoms with Crippen molar-refractivity contribution in [1.29, 1.82) is 0 Å². The molecule has 0 radical (unpaired) electrons. The molecule has 3 rings (SSSR count). The molecule has 0 fully saturated rings. The summed E-state index contributed by atoms with van der Waals surface area (Å²) in [7, 11) is 0.288. The summed E-state index contributed by atoms with van der Waals surface area (Å²) in [6, 6.07) is 10.7. The van der Waals surface area contributed by atoms with Crippen LogP contribution in [-0.4, -0.2) is 57.1 Å². The van der Waals surface area contributed by atoms with Crippen LogP contribution in [0.5, 0.6) is 0 Å². The number of anilines is 1. The molecule has 0 saturated carbocycles. The van der Waals surface area contributed by atoms with Gasteiger partial charge in [0.05, 0.1) is 20.9 Å². The van der Waals surface area contributed by atoms with Crippen molar-refractivity contribution in [3.63, 3.8) is 0 Å². The molecule has 0 atom stereocenters. The maximum atomic E-state index is 13.1. The Hall–Kier alpha value is -2.36. The number of carbonyl (C=O) groups is 1. The molecular formula is C22H26FN3O3S2. The van der Waals surface area contributed by atoms with Crippen molar-refractivity contribution in [2.24, 2.45) is 0 Å². The first kappa shape index (κ1) is 23.3.